The van der Waals surface area contributed by atoms with Crippen LogP contribution in [-0.4, -0.2) is 53.1 Å². The summed E-state index contributed by atoms with van der Waals surface area (Å²) in [6.45, 7) is 4.51. The van der Waals surface area contributed by atoms with E-state index in [1.54, 1.807) is 13.3 Å². The first kappa shape index (κ1) is 24.9. The maximum Gasteiger partial charge on any atom is 0.247 e. The number of fused-ring (bicyclic) bond motifs is 1. The van der Waals surface area contributed by atoms with Crippen LogP contribution in [0.25, 0.3) is 22.2 Å². The fourth-order valence-electron chi connectivity index (χ4n) is 4.22. The van der Waals surface area contributed by atoms with E-state index in [1.165, 1.54) is 6.08 Å². The van der Waals surface area contributed by atoms with Gasteiger partial charge in [-0.25, -0.2) is 9.97 Å². The third-order valence-electron chi connectivity index (χ3n) is 5.99. The fraction of sp³-hybridized carbons (Fsp3) is 0.250. The molecule has 2 aromatic carbocycles. The van der Waals surface area contributed by atoms with E-state index in [1.807, 2.05) is 51.5 Å². The number of amides is 1. The molecule has 2 aromatic heterocycles. The van der Waals surface area contributed by atoms with Crippen molar-refractivity contribution in [2.45, 2.75) is 12.8 Å². The maximum atomic E-state index is 12.1. The second-order valence-electron chi connectivity index (χ2n) is 8.87. The lowest BCUT2D eigenvalue weighted by Crippen LogP contribution is -2.15. The van der Waals surface area contributed by atoms with Gasteiger partial charge in [0.15, 0.2) is 0 Å². The van der Waals surface area contributed by atoms with Crippen molar-refractivity contribution < 1.29 is 9.53 Å². The van der Waals surface area contributed by atoms with Crippen molar-refractivity contribution in [3.8, 4) is 17.0 Å². The van der Waals surface area contributed by atoms with Gasteiger partial charge in [-0.05, 0) is 69.4 Å². The zero-order chi connectivity index (χ0) is 25.7. The molecule has 36 heavy (non-hydrogen) atoms. The first-order valence-electron chi connectivity index (χ1n) is 11.8. The summed E-state index contributed by atoms with van der Waals surface area (Å²) >= 11 is 0. The zero-order valence-corrected chi connectivity index (χ0v) is 21.2. The molecule has 0 atom stereocenters. The van der Waals surface area contributed by atoms with Crippen LogP contribution in [0.1, 0.15) is 12.0 Å². The van der Waals surface area contributed by atoms with Crippen LogP contribution in [0.15, 0.2) is 67.5 Å². The summed E-state index contributed by atoms with van der Waals surface area (Å²) in [4.78, 5) is 23.5. The molecular weight excluding hydrogens is 452 g/mol. The summed E-state index contributed by atoms with van der Waals surface area (Å²) in [5.74, 6) is 0.805. The third-order valence-corrected chi connectivity index (χ3v) is 5.99. The molecule has 0 saturated carbocycles. The minimum absolute atomic E-state index is 0.269. The van der Waals surface area contributed by atoms with Crippen molar-refractivity contribution in [3.63, 3.8) is 0 Å². The van der Waals surface area contributed by atoms with E-state index in [-0.39, 0.29) is 5.91 Å². The van der Waals surface area contributed by atoms with E-state index >= 15 is 0 Å². The van der Waals surface area contributed by atoms with Gasteiger partial charge in [-0.2, -0.15) is 0 Å². The van der Waals surface area contributed by atoms with Crippen LogP contribution in [0.2, 0.25) is 0 Å². The van der Waals surface area contributed by atoms with Gasteiger partial charge >= 0.3 is 0 Å². The highest BCUT2D eigenvalue weighted by Crippen LogP contribution is 2.35. The number of para-hydroxylation sites is 1. The van der Waals surface area contributed by atoms with Crippen LogP contribution < -0.4 is 15.4 Å². The summed E-state index contributed by atoms with van der Waals surface area (Å²) in [7, 11) is 7.73. The first-order valence-corrected chi connectivity index (χ1v) is 11.8. The Hall–Kier alpha value is -4.17. The number of anilines is 3. The Balaban J connectivity index is 1.68. The van der Waals surface area contributed by atoms with Crippen molar-refractivity contribution in [2.24, 2.45) is 7.05 Å². The van der Waals surface area contributed by atoms with Gasteiger partial charge in [0.1, 0.15) is 5.75 Å². The highest BCUT2D eigenvalue weighted by Gasteiger charge is 2.15. The van der Waals surface area contributed by atoms with E-state index in [2.05, 4.69) is 50.0 Å². The number of benzene rings is 2. The molecule has 4 rings (SSSR count). The van der Waals surface area contributed by atoms with Crippen LogP contribution in [0.5, 0.6) is 5.75 Å². The highest BCUT2D eigenvalue weighted by atomic mass is 16.5. The molecule has 0 fully saturated rings. The molecule has 0 radical (unpaired) electrons. The molecule has 2 heterocycles. The number of nitrogens with one attached hydrogen (secondary N) is 2. The summed E-state index contributed by atoms with van der Waals surface area (Å²) in [5.41, 5.74) is 5.31. The molecule has 0 aliphatic rings. The lowest BCUT2D eigenvalue weighted by molar-refractivity contribution is -0.111. The topological polar surface area (TPSA) is 84.3 Å². The van der Waals surface area contributed by atoms with Crippen LogP contribution in [0.3, 0.4) is 0 Å². The molecule has 0 unspecified atom stereocenters. The maximum absolute atomic E-state index is 12.1. The molecule has 2 N–H and O–H groups in total. The largest absolute Gasteiger partial charge is 0.495 e. The van der Waals surface area contributed by atoms with Crippen molar-refractivity contribution in [1.82, 2.24) is 19.4 Å². The number of hydrogen-bond acceptors (Lipinski definition) is 6. The third kappa shape index (κ3) is 5.55. The number of nitrogens with zero attached hydrogens (tertiary/aromatic N) is 4. The smallest absolute Gasteiger partial charge is 0.247 e. The van der Waals surface area contributed by atoms with Gasteiger partial charge in [0.25, 0.3) is 0 Å². The Morgan fingerprint density at radius 3 is 2.75 bits per heavy atom. The predicted molar refractivity (Wildman–Crippen MR) is 146 cm³/mol. The molecule has 0 aliphatic carbocycles. The van der Waals surface area contributed by atoms with Crippen molar-refractivity contribution in [1.29, 1.82) is 0 Å². The minimum Gasteiger partial charge on any atom is -0.495 e. The van der Waals surface area contributed by atoms with Crippen LogP contribution in [0.4, 0.5) is 17.3 Å². The Kier molecular flexibility index (Phi) is 7.65. The minimum atomic E-state index is -0.269. The number of hydrogen-bond donors (Lipinski definition) is 2. The van der Waals surface area contributed by atoms with Gasteiger partial charge in [0.05, 0.1) is 18.5 Å². The molecule has 8 nitrogen and oxygen atoms in total. The van der Waals surface area contributed by atoms with Gasteiger partial charge < -0.3 is 24.8 Å². The Morgan fingerprint density at radius 1 is 1.19 bits per heavy atom. The number of methoxy groups -OCH3 is 1. The van der Waals surface area contributed by atoms with Gasteiger partial charge in [-0.1, -0.05) is 24.8 Å². The number of aryl methyl sites for hydroxylation is 2. The van der Waals surface area contributed by atoms with Crippen molar-refractivity contribution in [2.75, 3.05) is 38.4 Å². The SMILES string of the molecule is C=CC(=O)Nc1cc(Nc2nccc(-c3cn(C)c4ccccc34)n2)c(OC)cc1CCCN(C)C. The average molecular weight is 485 g/mol. The Labute approximate surface area is 211 Å². The molecule has 186 valence electrons. The van der Waals surface area contributed by atoms with E-state index in [0.29, 0.717) is 23.1 Å². The second-order valence-corrected chi connectivity index (χ2v) is 8.87. The molecule has 0 aliphatic heterocycles. The highest BCUT2D eigenvalue weighted by molar-refractivity contribution is 6.00. The zero-order valence-electron chi connectivity index (χ0n) is 21.2. The summed E-state index contributed by atoms with van der Waals surface area (Å²) < 4.78 is 7.77. The number of aromatic nitrogens is 3. The molecule has 4 aromatic rings. The summed E-state index contributed by atoms with van der Waals surface area (Å²) in [6, 6.07) is 13.9. The Bertz CT molecular complexity index is 1390. The van der Waals surface area contributed by atoms with E-state index in [0.717, 1.165) is 47.1 Å². The average Bonchev–Trinajstić information content (AvgIpc) is 3.21. The van der Waals surface area contributed by atoms with Gasteiger partial charge in [-0.15, -0.1) is 0 Å². The van der Waals surface area contributed by atoms with Gasteiger partial charge in [0.2, 0.25) is 11.9 Å². The van der Waals surface area contributed by atoms with Gasteiger partial charge in [-0.3, -0.25) is 4.79 Å². The second kappa shape index (κ2) is 11.0. The number of carbonyl (C=O) groups is 1. The summed E-state index contributed by atoms with van der Waals surface area (Å²) in [5, 5.41) is 7.33. The van der Waals surface area contributed by atoms with E-state index in [4.69, 9.17) is 9.72 Å². The Morgan fingerprint density at radius 2 is 2.00 bits per heavy atom. The predicted octanol–water partition coefficient (Wildman–Crippen LogP) is 5.01. The quantitative estimate of drug-likeness (QED) is 0.308. The molecular formula is C28H32N6O2. The standard InChI is InChI=1S/C28H32N6O2/c1-6-27(35)30-23-17-24(26(36-5)16-19(23)10-9-15-33(2)3)32-28-29-14-13-22(31-28)21-18-34(4)25-12-8-7-11-20(21)25/h6-8,11-14,16-18H,1,9-10,15H2,2-5H3,(H,30,35)(H,29,31,32). The lowest BCUT2D eigenvalue weighted by Gasteiger charge is -2.17. The molecule has 1 amide bonds. The monoisotopic (exact) mass is 484 g/mol. The normalized spacial score (nSPS) is 11.0. The van der Waals surface area contributed by atoms with Gasteiger partial charge in [0, 0.05) is 41.6 Å². The van der Waals surface area contributed by atoms with Crippen LogP contribution >= 0.6 is 0 Å². The van der Waals surface area contributed by atoms with Crippen molar-refractivity contribution >= 4 is 34.1 Å². The van der Waals surface area contributed by atoms with Crippen molar-refractivity contribution in [3.05, 3.63) is 73.1 Å². The molecule has 0 bridgehead atoms. The number of rotatable bonds is 10. The number of ether oxygens (including phenoxy) is 1. The molecule has 0 spiro atoms. The lowest BCUT2D eigenvalue weighted by atomic mass is 10.0. The number of carbonyl (C=O) groups excluding carboxylic acids is 1. The van der Waals surface area contributed by atoms with Crippen LogP contribution in [0, 0.1) is 0 Å². The molecule has 8 heteroatoms. The van der Waals surface area contributed by atoms with Crippen LogP contribution in [-0.2, 0) is 18.3 Å². The fourth-order valence-corrected chi connectivity index (χ4v) is 4.22. The van der Waals surface area contributed by atoms with E-state index in [9.17, 15) is 4.79 Å². The summed E-state index contributed by atoms with van der Waals surface area (Å²) in [6.07, 6.45) is 6.79. The first-order chi connectivity index (χ1) is 17.4. The molecule has 0 saturated heterocycles. The van der Waals surface area contributed by atoms with E-state index < -0.39 is 0 Å².